The van der Waals surface area contributed by atoms with Crippen molar-refractivity contribution in [2.75, 3.05) is 13.2 Å². The Balaban J connectivity index is 2.07. The van der Waals surface area contributed by atoms with Gasteiger partial charge in [0.05, 0.1) is 0 Å². The second-order valence-electron chi connectivity index (χ2n) is 7.49. The lowest BCUT2D eigenvalue weighted by molar-refractivity contribution is -0.142. The average Bonchev–Trinajstić information content (AvgIpc) is 2.74. The number of carbonyl (C=O) groups excluding carboxylic acids is 2. The quantitative estimate of drug-likeness (QED) is 0.657. The Hall–Kier alpha value is -2.82. The van der Waals surface area contributed by atoms with Crippen molar-refractivity contribution in [3.63, 3.8) is 0 Å². The summed E-state index contributed by atoms with van der Waals surface area (Å²) >= 11 is 0. The van der Waals surface area contributed by atoms with Crippen LogP contribution in [-0.2, 0) is 16.1 Å². The van der Waals surface area contributed by atoms with Gasteiger partial charge in [0.15, 0.2) is 6.61 Å². The monoisotopic (exact) mass is 396 g/mol. The first-order valence-corrected chi connectivity index (χ1v) is 10.3. The van der Waals surface area contributed by atoms with Crippen molar-refractivity contribution < 1.29 is 14.3 Å². The lowest BCUT2D eigenvalue weighted by Gasteiger charge is -2.28. The van der Waals surface area contributed by atoms with Crippen molar-refractivity contribution >= 4 is 11.8 Å². The standard InChI is InChI=1S/C24H32N2O3/c1-5-15-25-24(28)19(4)26(16-20-9-7-6-8-10-20)23(27)17-29-22-13-11-21(12-14-22)18(2)3/h6-14,18-19H,5,15-17H2,1-4H3,(H,25,28)/t19-/m0/s1. The van der Waals surface area contributed by atoms with Crippen LogP contribution < -0.4 is 10.1 Å². The molecule has 5 heteroatoms. The Kier molecular flexibility index (Phi) is 8.71. The predicted molar refractivity (Wildman–Crippen MR) is 116 cm³/mol. The van der Waals surface area contributed by atoms with Crippen molar-refractivity contribution in [2.24, 2.45) is 0 Å². The molecule has 2 amide bonds. The minimum atomic E-state index is -0.582. The van der Waals surface area contributed by atoms with E-state index in [1.807, 2.05) is 61.5 Å². The van der Waals surface area contributed by atoms with Crippen molar-refractivity contribution in [3.8, 4) is 5.75 Å². The summed E-state index contributed by atoms with van der Waals surface area (Å²) < 4.78 is 5.71. The number of hydrogen-bond donors (Lipinski definition) is 1. The van der Waals surface area contributed by atoms with Gasteiger partial charge in [-0.25, -0.2) is 0 Å². The molecule has 0 aliphatic heterocycles. The summed E-state index contributed by atoms with van der Waals surface area (Å²) in [7, 11) is 0. The van der Waals surface area contributed by atoms with E-state index in [0.717, 1.165) is 12.0 Å². The molecular weight excluding hydrogens is 364 g/mol. The maximum absolute atomic E-state index is 12.9. The molecule has 0 aliphatic rings. The van der Waals surface area contributed by atoms with Crippen LogP contribution in [0.4, 0.5) is 0 Å². The predicted octanol–water partition coefficient (Wildman–Crippen LogP) is 4.13. The highest BCUT2D eigenvalue weighted by Crippen LogP contribution is 2.19. The van der Waals surface area contributed by atoms with Crippen LogP contribution in [0.15, 0.2) is 54.6 Å². The smallest absolute Gasteiger partial charge is 0.261 e. The molecule has 0 bridgehead atoms. The molecule has 0 saturated carbocycles. The first-order valence-electron chi connectivity index (χ1n) is 10.3. The number of rotatable bonds is 10. The van der Waals surface area contributed by atoms with Crippen LogP contribution in [-0.4, -0.2) is 35.9 Å². The van der Waals surface area contributed by atoms with Crippen LogP contribution in [0.25, 0.3) is 0 Å². The summed E-state index contributed by atoms with van der Waals surface area (Å²) in [6.07, 6.45) is 0.848. The Morgan fingerprint density at radius 1 is 1.00 bits per heavy atom. The molecule has 2 aromatic carbocycles. The highest BCUT2D eigenvalue weighted by atomic mass is 16.5. The van der Waals surface area contributed by atoms with Gasteiger partial charge in [-0.2, -0.15) is 0 Å². The molecule has 0 fully saturated rings. The summed E-state index contributed by atoms with van der Waals surface area (Å²) in [6.45, 7) is 8.85. The van der Waals surface area contributed by atoms with Gasteiger partial charge in [0.25, 0.3) is 5.91 Å². The van der Waals surface area contributed by atoms with Crippen LogP contribution in [0.2, 0.25) is 0 Å². The SMILES string of the molecule is CCCNC(=O)[C@H](C)N(Cc1ccccc1)C(=O)COc1ccc(C(C)C)cc1. The molecule has 0 aromatic heterocycles. The van der Waals surface area contributed by atoms with Gasteiger partial charge in [-0.15, -0.1) is 0 Å². The Morgan fingerprint density at radius 3 is 2.24 bits per heavy atom. The summed E-state index contributed by atoms with van der Waals surface area (Å²) in [5, 5.41) is 2.87. The number of carbonyl (C=O) groups is 2. The minimum absolute atomic E-state index is 0.112. The molecular formula is C24H32N2O3. The maximum atomic E-state index is 12.9. The number of hydrogen-bond acceptors (Lipinski definition) is 3. The first kappa shape index (κ1) is 22.5. The molecule has 1 N–H and O–H groups in total. The van der Waals surface area contributed by atoms with Crippen molar-refractivity contribution in [1.82, 2.24) is 10.2 Å². The molecule has 0 heterocycles. The fraction of sp³-hybridized carbons (Fsp3) is 0.417. The van der Waals surface area contributed by atoms with Gasteiger partial charge >= 0.3 is 0 Å². The van der Waals surface area contributed by atoms with E-state index in [1.165, 1.54) is 5.56 Å². The Morgan fingerprint density at radius 2 is 1.66 bits per heavy atom. The molecule has 0 unspecified atom stereocenters. The molecule has 2 rings (SSSR count). The number of nitrogens with one attached hydrogen (secondary N) is 1. The average molecular weight is 397 g/mol. The summed E-state index contributed by atoms with van der Waals surface area (Å²) in [5.41, 5.74) is 2.19. The first-order chi connectivity index (χ1) is 13.9. The zero-order valence-electron chi connectivity index (χ0n) is 17.9. The topological polar surface area (TPSA) is 58.6 Å². The molecule has 156 valence electrons. The van der Waals surface area contributed by atoms with Gasteiger partial charge in [0.1, 0.15) is 11.8 Å². The van der Waals surface area contributed by atoms with E-state index < -0.39 is 6.04 Å². The van der Waals surface area contributed by atoms with Crippen LogP contribution in [0.1, 0.15) is 51.2 Å². The highest BCUT2D eigenvalue weighted by Gasteiger charge is 2.26. The van der Waals surface area contributed by atoms with E-state index in [-0.39, 0.29) is 18.4 Å². The lowest BCUT2D eigenvalue weighted by Crippen LogP contribution is -2.49. The van der Waals surface area contributed by atoms with E-state index in [9.17, 15) is 9.59 Å². The van der Waals surface area contributed by atoms with E-state index in [1.54, 1.807) is 11.8 Å². The minimum Gasteiger partial charge on any atom is -0.484 e. The normalized spacial score (nSPS) is 11.8. The van der Waals surface area contributed by atoms with Crippen molar-refractivity contribution in [1.29, 1.82) is 0 Å². The molecule has 1 atom stereocenters. The second kappa shape index (κ2) is 11.2. The van der Waals surface area contributed by atoms with Crippen molar-refractivity contribution in [3.05, 3.63) is 65.7 Å². The lowest BCUT2D eigenvalue weighted by atomic mass is 10.0. The summed E-state index contributed by atoms with van der Waals surface area (Å²) in [6, 6.07) is 16.9. The molecule has 2 aromatic rings. The summed E-state index contributed by atoms with van der Waals surface area (Å²) in [4.78, 5) is 27.0. The van der Waals surface area contributed by atoms with E-state index in [0.29, 0.717) is 24.8 Å². The molecule has 0 spiro atoms. The van der Waals surface area contributed by atoms with Gasteiger partial charge in [-0.1, -0.05) is 63.2 Å². The molecule has 29 heavy (non-hydrogen) atoms. The molecule has 5 nitrogen and oxygen atoms in total. The molecule has 0 saturated heterocycles. The Bertz CT molecular complexity index is 772. The summed E-state index contributed by atoms with van der Waals surface area (Å²) in [5.74, 6) is 0.707. The van der Waals surface area contributed by atoms with Gasteiger partial charge in [-0.3, -0.25) is 9.59 Å². The molecule has 0 aliphatic carbocycles. The number of nitrogens with zero attached hydrogens (tertiary/aromatic N) is 1. The van der Waals surface area contributed by atoms with Crippen LogP contribution >= 0.6 is 0 Å². The maximum Gasteiger partial charge on any atom is 0.261 e. The van der Waals surface area contributed by atoms with Gasteiger partial charge in [-0.05, 0) is 42.5 Å². The zero-order valence-corrected chi connectivity index (χ0v) is 17.9. The molecule has 0 radical (unpaired) electrons. The van der Waals surface area contributed by atoms with Gasteiger partial charge in [0.2, 0.25) is 5.91 Å². The number of benzene rings is 2. The van der Waals surface area contributed by atoms with Crippen molar-refractivity contribution in [2.45, 2.75) is 52.6 Å². The van der Waals surface area contributed by atoms with E-state index in [2.05, 4.69) is 19.2 Å². The third kappa shape index (κ3) is 6.93. The van der Waals surface area contributed by atoms with Crippen LogP contribution in [0.5, 0.6) is 5.75 Å². The van der Waals surface area contributed by atoms with Gasteiger partial charge in [0, 0.05) is 13.1 Å². The second-order valence-corrected chi connectivity index (χ2v) is 7.49. The van der Waals surface area contributed by atoms with E-state index >= 15 is 0 Å². The third-order valence-electron chi connectivity index (χ3n) is 4.82. The van der Waals surface area contributed by atoms with E-state index in [4.69, 9.17) is 4.74 Å². The zero-order chi connectivity index (χ0) is 21.2. The largest absolute Gasteiger partial charge is 0.484 e. The fourth-order valence-electron chi connectivity index (χ4n) is 2.94. The number of ether oxygens (including phenoxy) is 1. The Labute approximate surface area is 174 Å². The number of amides is 2. The highest BCUT2D eigenvalue weighted by molar-refractivity contribution is 5.87. The van der Waals surface area contributed by atoms with Gasteiger partial charge < -0.3 is 15.0 Å². The third-order valence-corrected chi connectivity index (χ3v) is 4.82. The van der Waals surface area contributed by atoms with Crippen LogP contribution in [0, 0.1) is 0 Å². The van der Waals surface area contributed by atoms with Crippen LogP contribution in [0.3, 0.4) is 0 Å². The fourth-order valence-corrected chi connectivity index (χ4v) is 2.94.